The van der Waals surface area contributed by atoms with Gasteiger partial charge in [-0.3, -0.25) is 4.79 Å². The summed E-state index contributed by atoms with van der Waals surface area (Å²) in [6.45, 7) is 1.46. The monoisotopic (exact) mass is 254 g/mol. The van der Waals surface area contributed by atoms with Crippen LogP contribution in [0, 0.1) is 6.92 Å². The minimum absolute atomic E-state index is 0.109. The van der Waals surface area contributed by atoms with Crippen molar-refractivity contribution >= 4 is 5.78 Å². The van der Waals surface area contributed by atoms with Crippen molar-refractivity contribution in [3.05, 3.63) is 53.1 Å². The highest BCUT2D eigenvalue weighted by atomic mass is 19.4. The molecule has 0 spiro atoms. The maximum Gasteiger partial charge on any atom is 0.416 e. The third-order valence-electron chi connectivity index (χ3n) is 2.51. The van der Waals surface area contributed by atoms with Crippen molar-refractivity contribution in [3.63, 3.8) is 0 Å². The largest absolute Gasteiger partial charge is 0.416 e. The number of H-pyrrole nitrogens is 1. The molecule has 0 amide bonds. The minimum atomic E-state index is -4.41. The second kappa shape index (κ2) is 4.29. The normalized spacial score (nSPS) is 11.6. The van der Waals surface area contributed by atoms with E-state index in [-0.39, 0.29) is 17.0 Å². The molecule has 6 heteroatoms. The molecule has 0 aliphatic carbocycles. The molecular formula is C12H9F3N2O. The fourth-order valence-corrected chi connectivity index (χ4v) is 1.61. The summed E-state index contributed by atoms with van der Waals surface area (Å²) in [5.74, 6) is -0.316. The number of aromatic amines is 1. The Morgan fingerprint density at radius 1 is 1.33 bits per heavy atom. The summed E-state index contributed by atoms with van der Waals surface area (Å²) in [6, 6.07) is 3.02. The number of nitrogens with zero attached hydrogens (tertiary/aromatic N) is 1. The van der Waals surface area contributed by atoms with Crippen LogP contribution in [0.1, 0.15) is 27.3 Å². The first-order valence-corrected chi connectivity index (χ1v) is 5.11. The van der Waals surface area contributed by atoms with E-state index in [9.17, 15) is 18.0 Å². The maximum absolute atomic E-state index is 12.5. The lowest BCUT2D eigenvalue weighted by molar-refractivity contribution is -0.137. The Morgan fingerprint density at radius 2 is 2.06 bits per heavy atom. The van der Waals surface area contributed by atoms with Crippen LogP contribution < -0.4 is 0 Å². The number of hydrogen-bond acceptors (Lipinski definition) is 2. The molecule has 1 heterocycles. The van der Waals surface area contributed by atoms with Crippen molar-refractivity contribution in [1.82, 2.24) is 9.97 Å². The van der Waals surface area contributed by atoms with Gasteiger partial charge in [0.25, 0.3) is 0 Å². The second-order valence-corrected chi connectivity index (χ2v) is 3.79. The second-order valence-electron chi connectivity index (χ2n) is 3.79. The standard InChI is InChI=1S/C12H9F3N2O/c1-7-6-8(12(13,14)15)2-3-9(7)10(18)11-16-4-5-17-11/h2-6H,1H3,(H,16,17). The van der Waals surface area contributed by atoms with Gasteiger partial charge in [-0.25, -0.2) is 4.98 Å². The topological polar surface area (TPSA) is 45.8 Å². The van der Waals surface area contributed by atoms with Gasteiger partial charge in [-0.05, 0) is 24.6 Å². The minimum Gasteiger partial charge on any atom is -0.342 e. The van der Waals surface area contributed by atoms with Crippen molar-refractivity contribution in [1.29, 1.82) is 0 Å². The average molecular weight is 254 g/mol. The van der Waals surface area contributed by atoms with Gasteiger partial charge in [-0.1, -0.05) is 6.07 Å². The molecule has 2 rings (SSSR count). The van der Waals surface area contributed by atoms with E-state index >= 15 is 0 Å². The molecule has 0 atom stereocenters. The molecule has 1 aromatic carbocycles. The van der Waals surface area contributed by atoms with E-state index in [0.29, 0.717) is 0 Å². The number of benzene rings is 1. The van der Waals surface area contributed by atoms with Crippen LogP contribution in [0.5, 0.6) is 0 Å². The van der Waals surface area contributed by atoms with Gasteiger partial charge in [0.1, 0.15) is 0 Å². The van der Waals surface area contributed by atoms with Crippen molar-refractivity contribution in [3.8, 4) is 0 Å². The highest BCUT2D eigenvalue weighted by Crippen LogP contribution is 2.30. The summed E-state index contributed by atoms with van der Waals surface area (Å²) in [4.78, 5) is 18.3. The van der Waals surface area contributed by atoms with Crippen molar-refractivity contribution in [2.24, 2.45) is 0 Å². The molecule has 2 aromatic rings. The highest BCUT2D eigenvalue weighted by molar-refractivity contribution is 6.07. The Hall–Kier alpha value is -2.11. The van der Waals surface area contributed by atoms with Gasteiger partial charge in [0, 0.05) is 18.0 Å². The van der Waals surface area contributed by atoms with Crippen molar-refractivity contribution < 1.29 is 18.0 Å². The molecule has 3 nitrogen and oxygen atoms in total. The number of nitrogens with one attached hydrogen (secondary N) is 1. The van der Waals surface area contributed by atoms with Crippen LogP contribution in [0.25, 0.3) is 0 Å². The predicted molar refractivity (Wildman–Crippen MR) is 58.2 cm³/mol. The summed E-state index contributed by atoms with van der Waals surface area (Å²) < 4.78 is 37.4. The molecule has 18 heavy (non-hydrogen) atoms. The predicted octanol–water partition coefficient (Wildman–Crippen LogP) is 2.97. The molecular weight excluding hydrogens is 245 g/mol. The van der Waals surface area contributed by atoms with E-state index in [1.807, 2.05) is 0 Å². The van der Waals surface area contributed by atoms with Crippen LogP contribution >= 0.6 is 0 Å². The number of carbonyl (C=O) groups is 1. The number of imidazole rings is 1. The summed E-state index contributed by atoms with van der Waals surface area (Å²) in [7, 11) is 0. The van der Waals surface area contributed by atoms with Gasteiger partial charge in [0.2, 0.25) is 5.78 Å². The summed E-state index contributed by atoms with van der Waals surface area (Å²) in [5, 5.41) is 0. The van der Waals surface area contributed by atoms with Crippen molar-refractivity contribution in [2.45, 2.75) is 13.1 Å². The Balaban J connectivity index is 2.40. The van der Waals surface area contributed by atoms with Gasteiger partial charge in [-0.2, -0.15) is 13.2 Å². The van der Waals surface area contributed by atoms with Gasteiger partial charge in [0.15, 0.2) is 5.82 Å². The summed E-state index contributed by atoms with van der Waals surface area (Å²) in [6.07, 6.45) is -1.52. The molecule has 0 aliphatic rings. The first-order chi connectivity index (χ1) is 8.39. The lowest BCUT2D eigenvalue weighted by atomic mass is 10.0. The number of aromatic nitrogens is 2. The van der Waals surface area contributed by atoms with Gasteiger partial charge >= 0.3 is 6.18 Å². The van der Waals surface area contributed by atoms with Crippen LogP contribution in [0.4, 0.5) is 13.2 Å². The molecule has 1 aromatic heterocycles. The van der Waals surface area contributed by atoms with E-state index in [1.54, 1.807) is 0 Å². The zero-order chi connectivity index (χ0) is 13.3. The van der Waals surface area contributed by atoms with Gasteiger partial charge < -0.3 is 4.98 Å². The van der Waals surface area contributed by atoms with Crippen molar-refractivity contribution in [2.75, 3.05) is 0 Å². The number of ketones is 1. The number of alkyl halides is 3. The molecule has 94 valence electrons. The summed E-state index contributed by atoms with van der Waals surface area (Å²) >= 11 is 0. The fourth-order valence-electron chi connectivity index (χ4n) is 1.61. The molecule has 0 unspecified atom stereocenters. The van der Waals surface area contributed by atoms with Gasteiger partial charge in [-0.15, -0.1) is 0 Å². The van der Waals surface area contributed by atoms with Crippen LogP contribution in [-0.4, -0.2) is 15.8 Å². The smallest absolute Gasteiger partial charge is 0.342 e. The Morgan fingerprint density at radius 3 is 2.56 bits per heavy atom. The Labute approximate surface area is 101 Å². The molecule has 1 N–H and O–H groups in total. The van der Waals surface area contributed by atoms with E-state index in [0.717, 1.165) is 12.1 Å². The quantitative estimate of drug-likeness (QED) is 0.837. The summed E-state index contributed by atoms with van der Waals surface area (Å²) in [5.41, 5.74) is -0.292. The first-order valence-electron chi connectivity index (χ1n) is 5.11. The Bertz CT molecular complexity index is 574. The Kier molecular flexibility index (Phi) is 2.94. The van der Waals surface area contributed by atoms with E-state index < -0.39 is 17.5 Å². The first kappa shape index (κ1) is 12.3. The number of halogens is 3. The SMILES string of the molecule is Cc1cc(C(F)(F)F)ccc1C(=O)c1ncc[nH]1. The lowest BCUT2D eigenvalue weighted by Crippen LogP contribution is -2.09. The molecule has 0 saturated heterocycles. The van der Waals surface area contributed by atoms with Crippen LogP contribution in [0.15, 0.2) is 30.6 Å². The molecule has 0 aliphatic heterocycles. The fraction of sp³-hybridized carbons (Fsp3) is 0.167. The molecule has 0 fully saturated rings. The average Bonchev–Trinajstić information content (AvgIpc) is 2.80. The van der Waals surface area contributed by atoms with Crippen LogP contribution in [0.3, 0.4) is 0 Å². The number of hydrogen-bond donors (Lipinski definition) is 1. The zero-order valence-electron chi connectivity index (χ0n) is 9.38. The van der Waals surface area contributed by atoms with Crippen LogP contribution in [0.2, 0.25) is 0 Å². The molecule has 0 radical (unpaired) electrons. The maximum atomic E-state index is 12.5. The number of carbonyl (C=O) groups excluding carboxylic acids is 1. The number of rotatable bonds is 2. The van der Waals surface area contributed by atoms with Gasteiger partial charge in [0.05, 0.1) is 5.56 Å². The lowest BCUT2D eigenvalue weighted by Gasteiger charge is -2.09. The number of aryl methyl sites for hydroxylation is 1. The zero-order valence-corrected chi connectivity index (χ0v) is 9.38. The van der Waals surface area contributed by atoms with E-state index in [4.69, 9.17) is 0 Å². The van der Waals surface area contributed by atoms with Crippen LogP contribution in [-0.2, 0) is 6.18 Å². The highest BCUT2D eigenvalue weighted by Gasteiger charge is 2.31. The third-order valence-corrected chi connectivity index (χ3v) is 2.51. The third kappa shape index (κ3) is 2.27. The van der Waals surface area contributed by atoms with E-state index in [2.05, 4.69) is 9.97 Å². The molecule has 0 bridgehead atoms. The van der Waals surface area contributed by atoms with E-state index in [1.165, 1.54) is 25.4 Å². The molecule has 0 saturated carbocycles.